The van der Waals surface area contributed by atoms with E-state index in [0.29, 0.717) is 0 Å². The summed E-state index contributed by atoms with van der Waals surface area (Å²) in [6.07, 6.45) is 4.10. The lowest BCUT2D eigenvalue weighted by Gasteiger charge is -2.34. The number of carbonyl (C=O) groups excluding carboxylic acids is 2. The summed E-state index contributed by atoms with van der Waals surface area (Å²) in [5.41, 5.74) is 2.89. The second-order valence-electron chi connectivity index (χ2n) is 11.6. The molecule has 0 spiro atoms. The third-order valence-electron chi connectivity index (χ3n) is 8.21. The standard InChI is InChI=1S/C36H37Cl2N3O4S/c1-26-11-10-14-28(21-26)24-40(34(22-27-12-4-2-5-13-27)36(43)39-29-15-8-9-16-29)35(42)25-41(30-19-20-32(37)33(38)23-30)46(44,45)31-17-6-3-7-18-31/h2-7,10-14,17-21,23,29,34H,8-9,15-16,22,24-25H2,1H3,(H,39,43)/t34-/m0/s1. The van der Waals surface area contributed by atoms with Crippen LogP contribution in [0.25, 0.3) is 0 Å². The molecular weight excluding hydrogens is 641 g/mol. The molecule has 5 rings (SSSR count). The van der Waals surface area contributed by atoms with Gasteiger partial charge in [-0.05, 0) is 61.2 Å². The summed E-state index contributed by atoms with van der Waals surface area (Å²) in [5.74, 6) is -0.793. The number of rotatable bonds is 12. The quantitative estimate of drug-likeness (QED) is 0.172. The highest BCUT2D eigenvalue weighted by Gasteiger charge is 2.35. The van der Waals surface area contributed by atoms with E-state index in [1.807, 2.05) is 61.5 Å². The number of nitrogens with zero attached hydrogens (tertiary/aromatic N) is 2. The number of anilines is 1. The lowest BCUT2D eigenvalue weighted by Crippen LogP contribution is -2.54. The van der Waals surface area contributed by atoms with E-state index in [-0.39, 0.29) is 45.5 Å². The maximum Gasteiger partial charge on any atom is 0.264 e. The lowest BCUT2D eigenvalue weighted by atomic mass is 10.0. The van der Waals surface area contributed by atoms with Crippen LogP contribution in [0.1, 0.15) is 42.4 Å². The molecule has 7 nitrogen and oxygen atoms in total. The zero-order valence-electron chi connectivity index (χ0n) is 25.6. The van der Waals surface area contributed by atoms with Crippen molar-refractivity contribution >= 4 is 50.7 Å². The van der Waals surface area contributed by atoms with Crippen molar-refractivity contribution in [2.45, 2.75) is 62.6 Å². The van der Waals surface area contributed by atoms with Crippen LogP contribution in [0.4, 0.5) is 5.69 Å². The van der Waals surface area contributed by atoms with Crippen molar-refractivity contribution < 1.29 is 18.0 Å². The van der Waals surface area contributed by atoms with E-state index in [9.17, 15) is 18.0 Å². The molecule has 0 aliphatic heterocycles. The molecule has 1 atom stereocenters. The first-order valence-electron chi connectivity index (χ1n) is 15.3. The van der Waals surface area contributed by atoms with Crippen molar-refractivity contribution in [2.24, 2.45) is 0 Å². The van der Waals surface area contributed by atoms with Crippen molar-refractivity contribution in [1.82, 2.24) is 10.2 Å². The third-order valence-corrected chi connectivity index (χ3v) is 10.7. The van der Waals surface area contributed by atoms with Crippen molar-refractivity contribution in [3.8, 4) is 0 Å². The van der Waals surface area contributed by atoms with E-state index >= 15 is 0 Å². The Hall–Kier alpha value is -3.85. The molecule has 1 aliphatic carbocycles. The Balaban J connectivity index is 1.57. The van der Waals surface area contributed by atoms with Gasteiger partial charge in [0.25, 0.3) is 10.0 Å². The normalized spacial score (nSPS) is 14.1. The monoisotopic (exact) mass is 677 g/mol. The molecule has 10 heteroatoms. The Bertz CT molecular complexity index is 1760. The van der Waals surface area contributed by atoms with Crippen LogP contribution in [0, 0.1) is 6.92 Å². The molecular formula is C36H37Cl2N3O4S. The number of aryl methyl sites for hydroxylation is 1. The predicted molar refractivity (Wildman–Crippen MR) is 183 cm³/mol. The van der Waals surface area contributed by atoms with Gasteiger partial charge in [0.2, 0.25) is 11.8 Å². The maximum atomic E-state index is 14.6. The Morgan fingerprint density at radius 3 is 2.13 bits per heavy atom. The summed E-state index contributed by atoms with van der Waals surface area (Å²) >= 11 is 12.5. The van der Waals surface area contributed by atoms with Gasteiger partial charge >= 0.3 is 0 Å². The van der Waals surface area contributed by atoms with Crippen LogP contribution < -0.4 is 9.62 Å². The topological polar surface area (TPSA) is 86.8 Å². The summed E-state index contributed by atoms with van der Waals surface area (Å²) in [6.45, 7) is 1.50. The summed E-state index contributed by atoms with van der Waals surface area (Å²) in [5, 5.41) is 3.59. The zero-order chi connectivity index (χ0) is 32.7. The zero-order valence-corrected chi connectivity index (χ0v) is 27.9. The molecule has 1 N–H and O–H groups in total. The fourth-order valence-corrected chi connectivity index (χ4v) is 7.54. The van der Waals surface area contributed by atoms with E-state index in [1.54, 1.807) is 18.2 Å². The van der Waals surface area contributed by atoms with Crippen molar-refractivity contribution in [2.75, 3.05) is 10.8 Å². The molecule has 1 aliphatic rings. The Morgan fingerprint density at radius 2 is 1.48 bits per heavy atom. The fourth-order valence-electron chi connectivity index (χ4n) is 5.82. The second kappa shape index (κ2) is 15.2. The van der Waals surface area contributed by atoms with Gasteiger partial charge in [-0.25, -0.2) is 8.42 Å². The molecule has 1 fully saturated rings. The summed E-state index contributed by atoms with van der Waals surface area (Å²) in [7, 11) is -4.23. The number of nitrogens with one attached hydrogen (secondary N) is 1. The molecule has 4 aromatic rings. The molecule has 46 heavy (non-hydrogen) atoms. The largest absolute Gasteiger partial charge is 0.352 e. The molecule has 0 radical (unpaired) electrons. The molecule has 240 valence electrons. The average Bonchev–Trinajstić information content (AvgIpc) is 3.56. The predicted octanol–water partition coefficient (Wildman–Crippen LogP) is 7.20. The number of hydrogen-bond acceptors (Lipinski definition) is 4. The number of hydrogen-bond donors (Lipinski definition) is 1. The highest BCUT2D eigenvalue weighted by molar-refractivity contribution is 7.92. The van der Waals surface area contributed by atoms with Gasteiger partial charge in [-0.2, -0.15) is 0 Å². The number of amides is 2. The van der Waals surface area contributed by atoms with Crippen LogP contribution in [0.15, 0.2) is 108 Å². The minimum absolute atomic E-state index is 0.0129. The summed E-state index contributed by atoms with van der Waals surface area (Å²) in [6, 6.07) is 28.7. The molecule has 0 saturated heterocycles. The van der Waals surface area contributed by atoms with Crippen LogP contribution in [0.2, 0.25) is 10.0 Å². The van der Waals surface area contributed by atoms with E-state index in [0.717, 1.165) is 46.7 Å². The van der Waals surface area contributed by atoms with Gasteiger partial charge in [-0.1, -0.05) is 114 Å². The van der Waals surface area contributed by atoms with E-state index in [1.165, 1.54) is 35.2 Å². The van der Waals surface area contributed by atoms with Crippen LogP contribution in [-0.2, 0) is 32.6 Å². The number of carbonyl (C=O) groups is 2. The number of sulfonamides is 1. The van der Waals surface area contributed by atoms with E-state index in [4.69, 9.17) is 23.2 Å². The van der Waals surface area contributed by atoms with Crippen molar-refractivity contribution in [3.05, 3.63) is 130 Å². The molecule has 0 unspecified atom stereocenters. The molecule has 0 bridgehead atoms. The van der Waals surface area contributed by atoms with Gasteiger partial charge in [0.05, 0.1) is 20.6 Å². The SMILES string of the molecule is Cc1cccc(CN(C(=O)CN(c2ccc(Cl)c(Cl)c2)S(=O)(=O)c2ccccc2)[C@@H](Cc2ccccc2)C(=O)NC2CCCC2)c1. The number of halogens is 2. The van der Waals surface area contributed by atoms with E-state index < -0.39 is 28.5 Å². The summed E-state index contributed by atoms with van der Waals surface area (Å²) in [4.78, 5) is 30.2. The van der Waals surface area contributed by atoms with E-state index in [2.05, 4.69) is 5.32 Å². The average molecular weight is 679 g/mol. The first-order chi connectivity index (χ1) is 22.1. The van der Waals surface area contributed by atoms with Crippen LogP contribution in [0.5, 0.6) is 0 Å². The number of benzene rings is 4. The molecule has 4 aromatic carbocycles. The summed E-state index contributed by atoms with van der Waals surface area (Å²) < 4.78 is 29.3. The molecule has 0 heterocycles. The highest BCUT2D eigenvalue weighted by Crippen LogP contribution is 2.31. The minimum Gasteiger partial charge on any atom is -0.352 e. The van der Waals surface area contributed by atoms with Gasteiger partial charge in [0.15, 0.2) is 0 Å². The van der Waals surface area contributed by atoms with Gasteiger partial charge < -0.3 is 10.2 Å². The van der Waals surface area contributed by atoms with Crippen molar-refractivity contribution in [3.63, 3.8) is 0 Å². The Kier molecular flexibility index (Phi) is 11.0. The first-order valence-corrected chi connectivity index (χ1v) is 17.5. The lowest BCUT2D eigenvalue weighted by molar-refractivity contribution is -0.140. The minimum atomic E-state index is -4.23. The fraction of sp³-hybridized carbons (Fsp3) is 0.278. The van der Waals surface area contributed by atoms with Gasteiger partial charge in [0.1, 0.15) is 12.6 Å². The third kappa shape index (κ3) is 8.29. The molecule has 0 aromatic heterocycles. The first kappa shape index (κ1) is 33.5. The van der Waals surface area contributed by atoms with Gasteiger partial charge in [-0.15, -0.1) is 0 Å². The Labute approximate surface area is 281 Å². The molecule has 2 amide bonds. The Morgan fingerprint density at radius 1 is 0.826 bits per heavy atom. The maximum absolute atomic E-state index is 14.6. The van der Waals surface area contributed by atoms with Gasteiger partial charge in [0, 0.05) is 19.0 Å². The second-order valence-corrected chi connectivity index (χ2v) is 14.3. The van der Waals surface area contributed by atoms with Crippen LogP contribution in [0.3, 0.4) is 0 Å². The van der Waals surface area contributed by atoms with Gasteiger partial charge in [-0.3, -0.25) is 13.9 Å². The van der Waals surface area contributed by atoms with Crippen molar-refractivity contribution in [1.29, 1.82) is 0 Å². The smallest absolute Gasteiger partial charge is 0.264 e. The molecule has 1 saturated carbocycles. The van der Waals surface area contributed by atoms with Crippen LogP contribution >= 0.6 is 23.2 Å². The van der Waals surface area contributed by atoms with Crippen LogP contribution in [-0.4, -0.2) is 43.8 Å². The highest BCUT2D eigenvalue weighted by atomic mass is 35.5.